The lowest BCUT2D eigenvalue weighted by Gasteiger charge is -2.31. The summed E-state index contributed by atoms with van der Waals surface area (Å²) in [6.45, 7) is 4.24. The summed E-state index contributed by atoms with van der Waals surface area (Å²) in [6, 6.07) is 0. The molecule has 0 aromatic rings. The van der Waals surface area contributed by atoms with E-state index in [1.54, 1.807) is 0 Å². The average Bonchev–Trinajstić information content (AvgIpc) is 2.26. The van der Waals surface area contributed by atoms with E-state index in [1.165, 1.54) is 11.4 Å². The molecule has 1 atom stereocenters. The van der Waals surface area contributed by atoms with E-state index in [0.29, 0.717) is 6.54 Å². The molecule has 1 aliphatic heterocycles. The van der Waals surface area contributed by atoms with Gasteiger partial charge in [0.2, 0.25) is 10.0 Å². The number of nitrogens with zero attached hydrogens (tertiary/aromatic N) is 1. The maximum absolute atomic E-state index is 12.0. The minimum absolute atomic E-state index is 0.0434. The predicted octanol–water partition coefficient (Wildman–Crippen LogP) is -0.154. The molecule has 0 bridgehead atoms. The summed E-state index contributed by atoms with van der Waals surface area (Å²) in [4.78, 5) is 11.3. The number of morpholine rings is 1. The van der Waals surface area contributed by atoms with Gasteiger partial charge in [-0.15, -0.1) is 0 Å². The fourth-order valence-corrected chi connectivity index (χ4v) is 3.45. The zero-order valence-electron chi connectivity index (χ0n) is 10.4. The van der Waals surface area contributed by atoms with E-state index in [4.69, 9.17) is 4.74 Å². The van der Waals surface area contributed by atoms with E-state index < -0.39 is 22.1 Å². The Labute approximate surface area is 102 Å². The summed E-state index contributed by atoms with van der Waals surface area (Å²) in [5.74, 6) is -0.394. The minimum Gasteiger partial charge on any atom is -0.467 e. The third kappa shape index (κ3) is 3.93. The molecule has 1 aliphatic rings. The third-order valence-corrected chi connectivity index (χ3v) is 4.64. The van der Waals surface area contributed by atoms with E-state index in [1.807, 2.05) is 13.8 Å². The Bertz CT molecular complexity index is 365. The quantitative estimate of drug-likeness (QED) is 0.661. The maximum Gasteiger partial charge on any atom is 0.336 e. The van der Waals surface area contributed by atoms with Crippen LogP contribution in [0.5, 0.6) is 0 Å². The van der Waals surface area contributed by atoms with Crippen LogP contribution >= 0.6 is 0 Å². The molecule has 100 valence electrons. The van der Waals surface area contributed by atoms with Crippen LogP contribution in [-0.2, 0) is 24.3 Å². The number of rotatable bonds is 4. The second-order valence-electron chi connectivity index (χ2n) is 4.41. The van der Waals surface area contributed by atoms with Crippen LogP contribution in [0.3, 0.4) is 0 Å². The molecule has 0 amide bonds. The Morgan fingerprint density at radius 1 is 1.53 bits per heavy atom. The zero-order valence-corrected chi connectivity index (χ0v) is 11.2. The van der Waals surface area contributed by atoms with Crippen molar-refractivity contribution in [1.82, 2.24) is 4.31 Å². The molecule has 0 radical (unpaired) electrons. The van der Waals surface area contributed by atoms with Crippen LogP contribution in [0, 0.1) is 5.92 Å². The number of sulfonamides is 1. The van der Waals surface area contributed by atoms with Crippen molar-refractivity contribution < 1.29 is 22.7 Å². The van der Waals surface area contributed by atoms with Gasteiger partial charge in [0.15, 0.2) is 6.10 Å². The van der Waals surface area contributed by atoms with Gasteiger partial charge < -0.3 is 9.47 Å². The molecule has 17 heavy (non-hydrogen) atoms. The van der Waals surface area contributed by atoms with Crippen LogP contribution in [0.15, 0.2) is 0 Å². The lowest BCUT2D eigenvalue weighted by atomic mass is 10.3. The van der Waals surface area contributed by atoms with Crippen LogP contribution in [0.2, 0.25) is 0 Å². The fourth-order valence-electron chi connectivity index (χ4n) is 1.68. The van der Waals surface area contributed by atoms with Gasteiger partial charge in [0, 0.05) is 6.54 Å². The maximum atomic E-state index is 12.0. The van der Waals surface area contributed by atoms with Crippen molar-refractivity contribution in [1.29, 1.82) is 0 Å². The standard InChI is InChI=1S/C10H19NO5S/c1-8(2)7-17(13,14)11-4-5-16-9(6-11)10(12)15-3/h8-9H,4-7H2,1-3H3. The van der Waals surface area contributed by atoms with E-state index >= 15 is 0 Å². The van der Waals surface area contributed by atoms with Crippen molar-refractivity contribution in [2.24, 2.45) is 5.92 Å². The van der Waals surface area contributed by atoms with Crippen LogP contribution in [0.4, 0.5) is 0 Å². The topological polar surface area (TPSA) is 72.9 Å². The molecule has 0 saturated carbocycles. The van der Waals surface area contributed by atoms with Crippen LogP contribution < -0.4 is 0 Å². The van der Waals surface area contributed by atoms with Gasteiger partial charge in [-0.2, -0.15) is 4.31 Å². The molecule has 0 aromatic heterocycles. The Balaban J connectivity index is 2.69. The van der Waals surface area contributed by atoms with Gasteiger partial charge in [-0.1, -0.05) is 13.8 Å². The molecule has 1 fully saturated rings. The van der Waals surface area contributed by atoms with Gasteiger partial charge in [-0.3, -0.25) is 0 Å². The normalized spacial score (nSPS) is 22.7. The Morgan fingerprint density at radius 2 is 2.18 bits per heavy atom. The van der Waals surface area contributed by atoms with Crippen molar-refractivity contribution in [3.05, 3.63) is 0 Å². The number of hydrogen-bond acceptors (Lipinski definition) is 5. The smallest absolute Gasteiger partial charge is 0.336 e. The summed E-state index contributed by atoms with van der Waals surface area (Å²) in [5, 5.41) is 0. The van der Waals surface area contributed by atoms with E-state index in [-0.39, 0.29) is 24.8 Å². The Hall–Kier alpha value is -0.660. The highest BCUT2D eigenvalue weighted by atomic mass is 32.2. The molecule has 6 nitrogen and oxygen atoms in total. The second kappa shape index (κ2) is 5.79. The lowest BCUT2D eigenvalue weighted by Crippen LogP contribution is -2.49. The van der Waals surface area contributed by atoms with Crippen molar-refractivity contribution in [2.75, 3.05) is 32.6 Å². The first-order valence-electron chi connectivity index (χ1n) is 5.54. The number of carbonyl (C=O) groups is 1. The predicted molar refractivity (Wildman–Crippen MR) is 62.0 cm³/mol. The van der Waals surface area contributed by atoms with Gasteiger partial charge >= 0.3 is 5.97 Å². The summed E-state index contributed by atoms with van der Waals surface area (Å²) in [6.07, 6.45) is -0.810. The molecule has 1 rings (SSSR count). The first-order valence-corrected chi connectivity index (χ1v) is 7.15. The highest BCUT2D eigenvalue weighted by molar-refractivity contribution is 7.89. The van der Waals surface area contributed by atoms with E-state index in [2.05, 4.69) is 4.74 Å². The Kier molecular flexibility index (Phi) is 4.91. The number of ether oxygens (including phenoxy) is 2. The number of esters is 1. The molecule has 0 aliphatic carbocycles. The molecule has 1 unspecified atom stereocenters. The SMILES string of the molecule is COC(=O)C1CN(S(=O)(=O)CC(C)C)CCO1. The fraction of sp³-hybridized carbons (Fsp3) is 0.900. The summed E-state index contributed by atoms with van der Waals surface area (Å²) in [5.41, 5.74) is 0. The van der Waals surface area contributed by atoms with Gasteiger partial charge in [-0.25, -0.2) is 13.2 Å². The molecular formula is C10H19NO5S. The van der Waals surface area contributed by atoms with Crippen molar-refractivity contribution in [3.8, 4) is 0 Å². The summed E-state index contributed by atoms with van der Waals surface area (Å²) < 4.78 is 35.0. The summed E-state index contributed by atoms with van der Waals surface area (Å²) in [7, 11) is -2.05. The van der Waals surface area contributed by atoms with Gasteiger partial charge in [0.1, 0.15) is 0 Å². The van der Waals surface area contributed by atoms with Gasteiger partial charge in [0.25, 0.3) is 0 Å². The number of methoxy groups -OCH3 is 1. The van der Waals surface area contributed by atoms with Gasteiger partial charge in [-0.05, 0) is 5.92 Å². The van der Waals surface area contributed by atoms with Crippen molar-refractivity contribution in [3.63, 3.8) is 0 Å². The highest BCUT2D eigenvalue weighted by Gasteiger charge is 2.33. The van der Waals surface area contributed by atoms with Crippen LogP contribution in [-0.4, -0.2) is 57.4 Å². The highest BCUT2D eigenvalue weighted by Crippen LogP contribution is 2.13. The third-order valence-electron chi connectivity index (χ3n) is 2.43. The van der Waals surface area contributed by atoms with Crippen molar-refractivity contribution >= 4 is 16.0 Å². The number of carbonyl (C=O) groups excluding carboxylic acids is 1. The first-order chi connectivity index (χ1) is 7.86. The Morgan fingerprint density at radius 3 is 2.71 bits per heavy atom. The monoisotopic (exact) mass is 265 g/mol. The second-order valence-corrected chi connectivity index (χ2v) is 6.43. The molecule has 7 heteroatoms. The first kappa shape index (κ1) is 14.4. The zero-order chi connectivity index (χ0) is 13.1. The van der Waals surface area contributed by atoms with Crippen LogP contribution in [0.1, 0.15) is 13.8 Å². The largest absolute Gasteiger partial charge is 0.467 e. The average molecular weight is 265 g/mol. The van der Waals surface area contributed by atoms with Gasteiger partial charge in [0.05, 0.1) is 26.0 Å². The van der Waals surface area contributed by atoms with E-state index in [0.717, 1.165) is 0 Å². The molecular weight excluding hydrogens is 246 g/mol. The molecule has 1 saturated heterocycles. The minimum atomic E-state index is -3.31. The van der Waals surface area contributed by atoms with E-state index in [9.17, 15) is 13.2 Å². The number of hydrogen-bond donors (Lipinski definition) is 0. The summed E-state index contributed by atoms with van der Waals surface area (Å²) >= 11 is 0. The molecule has 0 aromatic carbocycles. The van der Waals surface area contributed by atoms with Crippen LogP contribution in [0.25, 0.3) is 0 Å². The lowest BCUT2D eigenvalue weighted by molar-refractivity contribution is -0.157. The molecule has 0 N–H and O–H groups in total. The molecule has 1 heterocycles. The van der Waals surface area contributed by atoms with Crippen molar-refractivity contribution in [2.45, 2.75) is 20.0 Å². The molecule has 0 spiro atoms.